The number of amides is 1. The predicted octanol–water partition coefficient (Wildman–Crippen LogP) is 3.64. The van der Waals surface area contributed by atoms with Crippen LogP contribution in [0.25, 0.3) is 0 Å². The maximum absolute atomic E-state index is 13.0. The van der Waals surface area contributed by atoms with Crippen molar-refractivity contribution in [1.29, 1.82) is 0 Å². The maximum Gasteiger partial charge on any atom is 0.259 e. The topological polar surface area (TPSA) is 99.2 Å². The number of anilines is 1. The van der Waals surface area contributed by atoms with Gasteiger partial charge >= 0.3 is 0 Å². The van der Waals surface area contributed by atoms with Gasteiger partial charge in [-0.1, -0.05) is 43.9 Å². The van der Waals surface area contributed by atoms with Crippen molar-refractivity contribution in [1.82, 2.24) is 9.79 Å². The molecule has 188 valence electrons. The third kappa shape index (κ3) is 7.99. The Hall–Kier alpha value is -3.06. The molecule has 1 heterocycles. The van der Waals surface area contributed by atoms with Crippen molar-refractivity contribution in [2.45, 2.75) is 32.6 Å². The highest BCUT2D eigenvalue weighted by molar-refractivity contribution is 7.89. The summed E-state index contributed by atoms with van der Waals surface area (Å²) in [5.74, 6) is 4.75. The number of carbonyl (C=O) groups excluding carboxylic acids is 1. The van der Waals surface area contributed by atoms with E-state index in [2.05, 4.69) is 23.7 Å². The smallest absolute Gasteiger partial charge is 0.259 e. The minimum absolute atomic E-state index is 0.308. The molecule has 0 aromatic heterocycles. The molecule has 2 N–H and O–H groups in total. The molecule has 1 saturated heterocycles. The molecule has 1 unspecified atom stereocenters. The summed E-state index contributed by atoms with van der Waals surface area (Å²) in [7, 11) is -3.72. The normalized spacial score (nSPS) is 15.1. The number of piperazine rings is 1. The van der Waals surface area contributed by atoms with Gasteiger partial charge in [-0.25, -0.2) is 13.9 Å². The van der Waals surface area contributed by atoms with Crippen molar-refractivity contribution in [3.63, 3.8) is 0 Å². The molecule has 0 spiro atoms. The van der Waals surface area contributed by atoms with Gasteiger partial charge in [0.1, 0.15) is 17.4 Å². The van der Waals surface area contributed by atoms with Crippen molar-refractivity contribution in [2.75, 3.05) is 36.8 Å². The lowest BCUT2D eigenvalue weighted by molar-refractivity contribution is -0.131. The van der Waals surface area contributed by atoms with E-state index < -0.39 is 27.6 Å². The van der Waals surface area contributed by atoms with Crippen LogP contribution in [0.4, 0.5) is 5.69 Å². The zero-order chi connectivity index (χ0) is 25.1. The number of sulfonamides is 1. The molecule has 1 atom stereocenters. The quantitative estimate of drug-likeness (QED) is 0.224. The van der Waals surface area contributed by atoms with E-state index in [1.54, 1.807) is 5.48 Å². The summed E-state index contributed by atoms with van der Waals surface area (Å²) in [6.07, 6.45) is 3.56. The van der Waals surface area contributed by atoms with E-state index in [9.17, 15) is 13.2 Å². The Bertz CT molecular complexity index is 1100. The number of hydroxylamine groups is 1. The maximum atomic E-state index is 13.0. The molecule has 1 aliphatic heterocycles. The highest BCUT2D eigenvalue weighted by atomic mass is 32.2. The molecule has 35 heavy (non-hydrogen) atoms. The van der Waals surface area contributed by atoms with Crippen LogP contribution in [0.2, 0.25) is 0 Å². The molecule has 8 nitrogen and oxygen atoms in total. The molecule has 0 radical (unpaired) electrons. The summed E-state index contributed by atoms with van der Waals surface area (Å²) in [5.41, 5.74) is 2.53. The Morgan fingerprint density at radius 1 is 1.03 bits per heavy atom. The highest BCUT2D eigenvalue weighted by Crippen LogP contribution is 2.25. The fraction of sp³-hybridized carbons (Fsp3) is 0.423. The second kappa shape index (κ2) is 13.1. The van der Waals surface area contributed by atoms with Crippen molar-refractivity contribution in [2.24, 2.45) is 5.92 Å². The zero-order valence-electron chi connectivity index (χ0n) is 20.0. The first-order valence-electron chi connectivity index (χ1n) is 11.9. The first kappa shape index (κ1) is 26.5. The van der Waals surface area contributed by atoms with E-state index in [-0.39, 0.29) is 0 Å². The van der Waals surface area contributed by atoms with Gasteiger partial charge in [0.15, 0.2) is 0 Å². The van der Waals surface area contributed by atoms with Gasteiger partial charge in [0.2, 0.25) is 10.0 Å². The number of benzene rings is 2. The summed E-state index contributed by atoms with van der Waals surface area (Å²) in [6, 6.07) is 17.2. The zero-order valence-corrected chi connectivity index (χ0v) is 20.8. The summed E-state index contributed by atoms with van der Waals surface area (Å²) in [6.45, 7) is 3.75. The molecule has 0 bridgehead atoms. The standard InChI is InChI=1S/C26H33N3O5S/c1-2-3-4-5-7-10-22(26(30)27-31)21-35(32,33)29-19-17-28(18-20-29)23-13-15-25(16-14-23)34-24-11-8-6-9-12-24/h6,8-9,11-16,22,31H,2-5,17-21H2,1H3,(H,27,30). The van der Waals surface area contributed by atoms with E-state index in [0.29, 0.717) is 32.6 Å². The van der Waals surface area contributed by atoms with Crippen LogP contribution in [0.5, 0.6) is 11.5 Å². The van der Waals surface area contributed by atoms with Crippen LogP contribution < -0.4 is 15.1 Å². The minimum Gasteiger partial charge on any atom is -0.457 e. The first-order valence-corrected chi connectivity index (χ1v) is 13.5. The van der Waals surface area contributed by atoms with Crippen LogP contribution in [-0.4, -0.2) is 55.8 Å². The first-order chi connectivity index (χ1) is 16.9. The minimum atomic E-state index is -3.72. The lowest BCUT2D eigenvalue weighted by atomic mass is 10.1. The van der Waals surface area contributed by atoms with Gasteiger partial charge < -0.3 is 9.64 Å². The summed E-state index contributed by atoms with van der Waals surface area (Å²) >= 11 is 0. The van der Waals surface area contributed by atoms with E-state index in [4.69, 9.17) is 9.94 Å². The number of rotatable bonds is 10. The van der Waals surface area contributed by atoms with Crippen molar-refractivity contribution < 1.29 is 23.2 Å². The Labute approximate surface area is 207 Å². The lowest BCUT2D eigenvalue weighted by Gasteiger charge is -2.35. The Balaban J connectivity index is 1.55. The summed E-state index contributed by atoms with van der Waals surface area (Å²) in [4.78, 5) is 14.1. The fourth-order valence-electron chi connectivity index (χ4n) is 3.81. The number of ether oxygens (including phenoxy) is 1. The van der Waals surface area contributed by atoms with Crippen molar-refractivity contribution in [3.8, 4) is 23.3 Å². The van der Waals surface area contributed by atoms with Crippen LogP contribution >= 0.6 is 0 Å². The van der Waals surface area contributed by atoms with Crippen LogP contribution in [-0.2, 0) is 14.8 Å². The second-order valence-corrected chi connectivity index (χ2v) is 10.4. The van der Waals surface area contributed by atoms with Crippen molar-refractivity contribution in [3.05, 3.63) is 54.6 Å². The third-order valence-corrected chi connectivity index (χ3v) is 7.70. The molecule has 3 rings (SSSR count). The van der Waals surface area contributed by atoms with Crippen LogP contribution in [0.1, 0.15) is 32.6 Å². The Kier molecular flexibility index (Phi) is 9.97. The number of hydrogen-bond acceptors (Lipinski definition) is 6. The molecule has 2 aromatic rings. The molecule has 1 aliphatic rings. The van der Waals surface area contributed by atoms with Crippen molar-refractivity contribution >= 4 is 21.6 Å². The number of nitrogens with zero attached hydrogens (tertiary/aromatic N) is 2. The Morgan fingerprint density at radius 3 is 2.31 bits per heavy atom. The fourth-order valence-corrected chi connectivity index (χ4v) is 5.40. The van der Waals surface area contributed by atoms with Gasteiger partial charge in [-0.2, -0.15) is 4.31 Å². The predicted molar refractivity (Wildman–Crippen MR) is 136 cm³/mol. The third-order valence-electron chi connectivity index (χ3n) is 5.80. The number of para-hydroxylation sites is 1. The molecule has 2 aromatic carbocycles. The summed E-state index contributed by atoms with van der Waals surface area (Å²) < 4.78 is 33.2. The van der Waals surface area contributed by atoms with Gasteiger partial charge in [0.25, 0.3) is 5.91 Å². The molecular weight excluding hydrogens is 466 g/mol. The SMILES string of the molecule is CCCCCC#CC(CS(=O)(=O)N1CCN(c2ccc(Oc3ccccc3)cc2)CC1)C(=O)NO. The summed E-state index contributed by atoms with van der Waals surface area (Å²) in [5, 5.41) is 9.02. The molecular formula is C26H33N3O5S. The molecule has 9 heteroatoms. The molecule has 1 fully saturated rings. The number of unbranched alkanes of at least 4 members (excludes halogenated alkanes) is 3. The monoisotopic (exact) mass is 499 g/mol. The van der Waals surface area contributed by atoms with Gasteiger partial charge in [0.05, 0.1) is 5.75 Å². The van der Waals surface area contributed by atoms with E-state index in [1.165, 1.54) is 4.31 Å². The molecule has 1 amide bonds. The van der Waals surface area contributed by atoms with E-state index >= 15 is 0 Å². The molecule has 0 aliphatic carbocycles. The van der Waals surface area contributed by atoms with Crippen LogP contribution in [0, 0.1) is 17.8 Å². The van der Waals surface area contributed by atoms with Crippen LogP contribution in [0.3, 0.4) is 0 Å². The second-order valence-electron chi connectivity index (χ2n) is 8.38. The van der Waals surface area contributed by atoms with E-state index in [0.717, 1.165) is 36.4 Å². The number of nitrogens with one attached hydrogen (secondary N) is 1. The van der Waals surface area contributed by atoms with Crippen LogP contribution in [0.15, 0.2) is 54.6 Å². The van der Waals surface area contributed by atoms with Gasteiger partial charge in [-0.05, 0) is 42.8 Å². The Morgan fingerprint density at radius 2 is 1.69 bits per heavy atom. The number of hydrogen-bond donors (Lipinski definition) is 2. The molecule has 0 saturated carbocycles. The average molecular weight is 500 g/mol. The van der Waals surface area contributed by atoms with Gasteiger partial charge in [-0.15, -0.1) is 5.92 Å². The average Bonchev–Trinajstić information content (AvgIpc) is 2.88. The van der Waals surface area contributed by atoms with E-state index in [1.807, 2.05) is 54.6 Å². The largest absolute Gasteiger partial charge is 0.457 e. The van der Waals surface area contributed by atoms with Gasteiger partial charge in [-0.3, -0.25) is 10.0 Å². The highest BCUT2D eigenvalue weighted by Gasteiger charge is 2.31. The van der Waals surface area contributed by atoms with Gasteiger partial charge in [0, 0.05) is 38.3 Å². The lowest BCUT2D eigenvalue weighted by Crippen LogP contribution is -2.50. The number of carbonyl (C=O) groups is 1.